The van der Waals surface area contributed by atoms with Crippen molar-refractivity contribution in [2.75, 3.05) is 20.2 Å². The number of piperidine rings is 1. The molecule has 1 unspecified atom stereocenters. The van der Waals surface area contributed by atoms with Crippen molar-refractivity contribution in [2.45, 2.75) is 37.5 Å². The number of aliphatic imine (C=N–C) groups is 1. The molecule has 2 aliphatic rings. The molecule has 0 saturated carbocycles. The second kappa shape index (κ2) is 9.79. The first-order valence-corrected chi connectivity index (χ1v) is 12.2. The highest BCUT2D eigenvalue weighted by Crippen LogP contribution is 2.38. The molecule has 1 saturated heterocycles. The molecule has 2 aliphatic heterocycles. The van der Waals surface area contributed by atoms with Crippen LogP contribution in [0.4, 0.5) is 0 Å². The van der Waals surface area contributed by atoms with E-state index >= 15 is 0 Å². The molecule has 3 aromatic rings. The van der Waals surface area contributed by atoms with Crippen molar-refractivity contribution < 1.29 is 9.84 Å². The minimum Gasteiger partial charge on any atom is -0.508 e. The summed E-state index contributed by atoms with van der Waals surface area (Å²) in [4.78, 5) is 7.79. The molecule has 0 bridgehead atoms. The van der Waals surface area contributed by atoms with Gasteiger partial charge in [0.2, 0.25) is 0 Å². The van der Waals surface area contributed by atoms with Crippen molar-refractivity contribution in [1.82, 2.24) is 10.2 Å². The van der Waals surface area contributed by atoms with Crippen molar-refractivity contribution in [2.24, 2.45) is 4.99 Å². The number of benzene rings is 3. The van der Waals surface area contributed by atoms with Crippen molar-refractivity contribution in [1.29, 1.82) is 0 Å². The van der Waals surface area contributed by atoms with Crippen molar-refractivity contribution in [3.63, 3.8) is 0 Å². The SMILES string of the molecule is COc1cccc(C2=NC3(CCN(Cc4ccccc4)CC3)NC(c3cc(Cl)ccc3O)C2)c1. The lowest BCUT2D eigenvalue weighted by Gasteiger charge is -2.45. The van der Waals surface area contributed by atoms with Crippen LogP contribution in [0.1, 0.15) is 42.0 Å². The Labute approximate surface area is 206 Å². The average Bonchev–Trinajstić information content (AvgIpc) is 2.87. The number of hydrogen-bond donors (Lipinski definition) is 2. The number of likely N-dealkylation sites (tertiary alicyclic amines) is 1. The summed E-state index contributed by atoms with van der Waals surface area (Å²) in [6, 6.07) is 23.8. The van der Waals surface area contributed by atoms with Gasteiger partial charge in [0.15, 0.2) is 0 Å². The summed E-state index contributed by atoms with van der Waals surface area (Å²) in [7, 11) is 1.68. The van der Waals surface area contributed by atoms with E-state index in [9.17, 15) is 5.11 Å². The molecule has 1 fully saturated rings. The zero-order valence-corrected chi connectivity index (χ0v) is 20.1. The zero-order valence-electron chi connectivity index (χ0n) is 19.4. The summed E-state index contributed by atoms with van der Waals surface area (Å²) in [6.07, 6.45) is 2.45. The maximum absolute atomic E-state index is 10.7. The van der Waals surface area contributed by atoms with E-state index < -0.39 is 0 Å². The van der Waals surface area contributed by atoms with Gasteiger partial charge in [-0.05, 0) is 54.3 Å². The van der Waals surface area contributed by atoms with E-state index in [-0.39, 0.29) is 17.5 Å². The van der Waals surface area contributed by atoms with Gasteiger partial charge in [0, 0.05) is 48.4 Å². The fraction of sp³-hybridized carbons (Fsp3) is 0.321. The Kier molecular flexibility index (Phi) is 6.59. The molecule has 3 aromatic carbocycles. The molecule has 6 heteroatoms. The number of phenols is 1. The predicted molar refractivity (Wildman–Crippen MR) is 137 cm³/mol. The summed E-state index contributed by atoms with van der Waals surface area (Å²) in [5, 5.41) is 15.1. The van der Waals surface area contributed by atoms with Gasteiger partial charge in [0.25, 0.3) is 0 Å². The fourth-order valence-corrected chi connectivity index (χ4v) is 5.24. The molecule has 5 rings (SSSR count). The first-order valence-electron chi connectivity index (χ1n) is 11.8. The number of nitrogens with zero attached hydrogens (tertiary/aromatic N) is 2. The summed E-state index contributed by atoms with van der Waals surface area (Å²) >= 11 is 6.31. The van der Waals surface area contributed by atoms with Crippen LogP contribution in [0, 0.1) is 0 Å². The topological polar surface area (TPSA) is 57.1 Å². The Hall–Kier alpha value is -2.86. The van der Waals surface area contributed by atoms with Gasteiger partial charge in [-0.3, -0.25) is 15.2 Å². The molecule has 0 amide bonds. The van der Waals surface area contributed by atoms with E-state index in [0.29, 0.717) is 11.4 Å². The normalized spacial score (nSPS) is 20.2. The third-order valence-corrected chi connectivity index (χ3v) is 7.12. The Balaban J connectivity index is 1.44. The van der Waals surface area contributed by atoms with E-state index in [0.717, 1.165) is 55.1 Å². The van der Waals surface area contributed by atoms with Gasteiger partial charge in [-0.15, -0.1) is 0 Å². The van der Waals surface area contributed by atoms with E-state index in [2.05, 4.69) is 46.6 Å². The second-order valence-electron chi connectivity index (χ2n) is 9.19. The monoisotopic (exact) mass is 475 g/mol. The first kappa shape index (κ1) is 22.9. The van der Waals surface area contributed by atoms with Crippen molar-refractivity contribution >= 4 is 17.3 Å². The maximum atomic E-state index is 10.7. The molecule has 0 aromatic heterocycles. The average molecular weight is 476 g/mol. The summed E-state index contributed by atoms with van der Waals surface area (Å²) < 4.78 is 5.46. The number of nitrogens with one attached hydrogen (secondary N) is 1. The van der Waals surface area contributed by atoms with Gasteiger partial charge in [-0.25, -0.2) is 0 Å². The van der Waals surface area contributed by atoms with Gasteiger partial charge in [-0.1, -0.05) is 54.1 Å². The molecule has 2 heterocycles. The molecule has 0 radical (unpaired) electrons. The number of halogens is 1. The highest BCUT2D eigenvalue weighted by atomic mass is 35.5. The third kappa shape index (κ3) is 4.97. The van der Waals surface area contributed by atoms with Crippen LogP contribution in [0.2, 0.25) is 5.02 Å². The van der Waals surface area contributed by atoms with Crippen LogP contribution < -0.4 is 10.1 Å². The quantitative estimate of drug-likeness (QED) is 0.506. The Morgan fingerprint density at radius 2 is 1.85 bits per heavy atom. The van der Waals surface area contributed by atoms with Gasteiger partial charge >= 0.3 is 0 Å². The first-order chi connectivity index (χ1) is 16.5. The standard InChI is InChI=1S/C28H30ClN3O2/c1-34-23-9-5-8-21(16-23)25-18-26(24-17-22(29)10-11-27(24)33)31-28(30-25)12-14-32(15-13-28)19-20-6-3-2-4-7-20/h2-11,16-17,26,31,33H,12-15,18-19H2,1H3. The summed E-state index contributed by atoms with van der Waals surface area (Å²) in [5.74, 6) is 1.07. The van der Waals surface area contributed by atoms with Gasteiger partial charge in [0.05, 0.1) is 7.11 Å². The van der Waals surface area contributed by atoms with Gasteiger partial charge in [0.1, 0.15) is 17.2 Å². The van der Waals surface area contributed by atoms with Crippen molar-refractivity contribution in [3.05, 3.63) is 94.5 Å². The zero-order chi connectivity index (χ0) is 23.5. The summed E-state index contributed by atoms with van der Waals surface area (Å²) in [5.41, 5.74) is 3.84. The second-order valence-corrected chi connectivity index (χ2v) is 9.62. The van der Waals surface area contributed by atoms with Crippen LogP contribution in [-0.2, 0) is 6.54 Å². The Morgan fingerprint density at radius 1 is 1.06 bits per heavy atom. The van der Waals surface area contributed by atoms with Crippen LogP contribution in [0.5, 0.6) is 11.5 Å². The largest absolute Gasteiger partial charge is 0.508 e. The fourth-order valence-electron chi connectivity index (χ4n) is 5.06. The van der Waals surface area contributed by atoms with E-state index in [1.165, 1.54) is 5.56 Å². The maximum Gasteiger partial charge on any atom is 0.120 e. The Morgan fingerprint density at radius 3 is 2.62 bits per heavy atom. The molecule has 2 N–H and O–H groups in total. The van der Waals surface area contributed by atoms with E-state index in [1.807, 2.05) is 24.3 Å². The number of ether oxygens (including phenoxy) is 1. The van der Waals surface area contributed by atoms with Crippen LogP contribution >= 0.6 is 11.6 Å². The molecule has 176 valence electrons. The minimum atomic E-state index is -0.386. The van der Waals surface area contributed by atoms with Crippen LogP contribution in [-0.4, -0.2) is 41.6 Å². The van der Waals surface area contributed by atoms with Gasteiger partial charge in [-0.2, -0.15) is 0 Å². The van der Waals surface area contributed by atoms with E-state index in [4.69, 9.17) is 21.3 Å². The lowest BCUT2D eigenvalue weighted by Crippen LogP contribution is -2.55. The molecule has 1 spiro atoms. The molecule has 0 aliphatic carbocycles. The number of rotatable bonds is 5. The molecular formula is C28H30ClN3O2. The smallest absolute Gasteiger partial charge is 0.120 e. The lowest BCUT2D eigenvalue weighted by atomic mass is 9.87. The van der Waals surface area contributed by atoms with Gasteiger partial charge < -0.3 is 9.84 Å². The highest BCUT2D eigenvalue weighted by molar-refractivity contribution is 6.30. The van der Waals surface area contributed by atoms with Crippen LogP contribution in [0.3, 0.4) is 0 Å². The predicted octanol–water partition coefficient (Wildman–Crippen LogP) is 5.57. The minimum absolute atomic E-state index is 0.0851. The number of phenolic OH excluding ortho intramolecular Hbond substituents is 1. The highest BCUT2D eigenvalue weighted by Gasteiger charge is 2.40. The number of methoxy groups -OCH3 is 1. The molecule has 34 heavy (non-hydrogen) atoms. The number of aromatic hydroxyl groups is 1. The van der Waals surface area contributed by atoms with Crippen LogP contribution in [0.15, 0.2) is 77.8 Å². The summed E-state index contributed by atoms with van der Waals surface area (Å²) in [6.45, 7) is 2.85. The van der Waals surface area contributed by atoms with Crippen LogP contribution in [0.25, 0.3) is 0 Å². The lowest BCUT2D eigenvalue weighted by molar-refractivity contribution is 0.120. The number of hydrogen-bond acceptors (Lipinski definition) is 5. The molecule has 5 nitrogen and oxygen atoms in total. The van der Waals surface area contributed by atoms with E-state index in [1.54, 1.807) is 19.2 Å². The van der Waals surface area contributed by atoms with Crippen molar-refractivity contribution in [3.8, 4) is 11.5 Å². The molecule has 1 atom stereocenters. The third-order valence-electron chi connectivity index (χ3n) is 6.89. The molecular weight excluding hydrogens is 446 g/mol. The Bertz CT molecular complexity index is 1170.